The molecule has 0 aliphatic rings. The van der Waals surface area contributed by atoms with E-state index in [-0.39, 0.29) is 25.1 Å². The van der Waals surface area contributed by atoms with Crippen molar-refractivity contribution in [3.05, 3.63) is 102 Å². The number of primary amides is 1. The summed E-state index contributed by atoms with van der Waals surface area (Å²) < 4.78 is 0. The number of rotatable bonds is 14. The molecule has 0 aromatic heterocycles. The highest BCUT2D eigenvalue weighted by Crippen LogP contribution is 2.11. The van der Waals surface area contributed by atoms with Crippen molar-refractivity contribution in [3.8, 4) is 5.75 Å². The predicted molar refractivity (Wildman–Crippen MR) is 142 cm³/mol. The Bertz CT molecular complexity index is 1180. The Hall–Kier alpha value is -4.25. The molecule has 3 aromatic rings. The van der Waals surface area contributed by atoms with Gasteiger partial charge in [0, 0.05) is 19.3 Å². The first-order valence-electron chi connectivity index (χ1n) is 12.2. The maximum atomic E-state index is 13.2. The van der Waals surface area contributed by atoms with Crippen molar-refractivity contribution >= 4 is 17.7 Å². The summed E-state index contributed by atoms with van der Waals surface area (Å²) in [7, 11) is 0. The van der Waals surface area contributed by atoms with Crippen LogP contribution in [0.15, 0.2) is 84.9 Å². The molecule has 0 heterocycles. The summed E-state index contributed by atoms with van der Waals surface area (Å²) in [6.07, 6.45) is 0.0350. The van der Waals surface area contributed by atoms with Gasteiger partial charge in [0.05, 0.1) is 0 Å². The number of hydrogen-bond acceptors (Lipinski definition) is 7. The number of hydroxylamine groups is 1. The summed E-state index contributed by atoms with van der Waals surface area (Å²) in [5.41, 5.74) is 16.5. The second-order valence-electron chi connectivity index (χ2n) is 8.81. The molecule has 0 fully saturated rings. The molecule has 8 N–H and O–H groups in total. The van der Waals surface area contributed by atoms with Gasteiger partial charge in [0.15, 0.2) is 0 Å². The zero-order valence-electron chi connectivity index (χ0n) is 20.9. The molecule has 0 saturated heterocycles. The molecule has 0 spiro atoms. The van der Waals surface area contributed by atoms with Crippen LogP contribution in [0.2, 0.25) is 0 Å². The number of amides is 3. The van der Waals surface area contributed by atoms with Gasteiger partial charge in [0.25, 0.3) is 0 Å². The van der Waals surface area contributed by atoms with E-state index in [9.17, 15) is 19.5 Å². The quantitative estimate of drug-likeness (QED) is 0.134. The molecule has 0 aliphatic carbocycles. The molecule has 3 aromatic carbocycles. The highest BCUT2D eigenvalue weighted by atomic mass is 16.7. The maximum Gasteiger partial charge on any atom is 0.243 e. The molecule has 0 radical (unpaired) electrons. The number of hydrogen-bond donors (Lipinski definition) is 6. The van der Waals surface area contributed by atoms with Gasteiger partial charge in [-0.05, 0) is 28.8 Å². The summed E-state index contributed by atoms with van der Waals surface area (Å²) in [4.78, 5) is 43.2. The highest BCUT2D eigenvalue weighted by Gasteiger charge is 2.26. The van der Waals surface area contributed by atoms with Gasteiger partial charge in [-0.1, -0.05) is 72.8 Å². The van der Waals surface area contributed by atoms with Crippen molar-refractivity contribution < 1.29 is 24.3 Å². The standard InChI is InChI=1S/C28H33N5O5/c29-25(17-21-11-13-22(34)14-12-21)38-31-18-26(35)32-24(16-20-9-5-2-6-10-20)28(37)33-23(27(30)36)15-19-7-3-1-4-8-19/h1-14,23-25,31,34H,15-18,29H2,(H2,30,36)(H,32,35)(H,33,37)/t23-,24-,25+/m0/s1. The topological polar surface area (TPSA) is 169 Å². The van der Waals surface area contributed by atoms with Crippen molar-refractivity contribution in [2.24, 2.45) is 11.5 Å². The Morgan fingerprint density at radius 1 is 0.737 bits per heavy atom. The fraction of sp³-hybridized carbons (Fsp3) is 0.250. The summed E-state index contributed by atoms with van der Waals surface area (Å²) in [6, 6.07) is 23.0. The predicted octanol–water partition coefficient (Wildman–Crippen LogP) is 0.681. The van der Waals surface area contributed by atoms with E-state index in [4.69, 9.17) is 16.3 Å². The van der Waals surface area contributed by atoms with Crippen molar-refractivity contribution in [1.29, 1.82) is 0 Å². The third kappa shape index (κ3) is 9.66. The van der Waals surface area contributed by atoms with Crippen molar-refractivity contribution in [3.63, 3.8) is 0 Å². The van der Waals surface area contributed by atoms with Gasteiger partial charge >= 0.3 is 0 Å². The van der Waals surface area contributed by atoms with E-state index in [0.29, 0.717) is 6.42 Å². The first-order valence-corrected chi connectivity index (χ1v) is 12.2. The molecule has 3 atom stereocenters. The summed E-state index contributed by atoms with van der Waals surface area (Å²) >= 11 is 0. The number of nitrogens with one attached hydrogen (secondary N) is 3. The monoisotopic (exact) mass is 519 g/mol. The number of phenolic OH excluding ortho intramolecular Hbond substituents is 1. The van der Waals surface area contributed by atoms with Gasteiger partial charge in [-0.25, -0.2) is 0 Å². The third-order valence-electron chi connectivity index (χ3n) is 5.72. The average Bonchev–Trinajstić information content (AvgIpc) is 2.90. The van der Waals surface area contributed by atoms with Crippen molar-refractivity contribution in [2.45, 2.75) is 37.6 Å². The van der Waals surface area contributed by atoms with Crippen LogP contribution in [0.1, 0.15) is 16.7 Å². The van der Waals surface area contributed by atoms with E-state index < -0.39 is 36.0 Å². The van der Waals surface area contributed by atoms with Crippen LogP contribution in [0.5, 0.6) is 5.75 Å². The zero-order valence-corrected chi connectivity index (χ0v) is 20.9. The van der Waals surface area contributed by atoms with E-state index in [1.54, 1.807) is 24.3 Å². The van der Waals surface area contributed by atoms with Crippen LogP contribution in [0.4, 0.5) is 0 Å². The van der Waals surface area contributed by atoms with E-state index in [1.807, 2.05) is 60.7 Å². The smallest absolute Gasteiger partial charge is 0.243 e. The van der Waals surface area contributed by atoms with Gasteiger partial charge in [-0.2, -0.15) is 5.48 Å². The van der Waals surface area contributed by atoms with Crippen LogP contribution in [-0.2, 0) is 38.5 Å². The molecule has 0 bridgehead atoms. The summed E-state index contributed by atoms with van der Waals surface area (Å²) in [5.74, 6) is -1.57. The van der Waals surface area contributed by atoms with Gasteiger partial charge in [-0.3, -0.25) is 19.2 Å². The molecular formula is C28H33N5O5. The van der Waals surface area contributed by atoms with E-state index >= 15 is 0 Å². The fourth-order valence-electron chi connectivity index (χ4n) is 3.77. The second-order valence-corrected chi connectivity index (χ2v) is 8.81. The minimum absolute atomic E-state index is 0.148. The Kier molecular flexibility index (Phi) is 10.8. The van der Waals surface area contributed by atoms with Crippen molar-refractivity contribution in [2.75, 3.05) is 6.54 Å². The minimum atomic E-state index is -0.963. The van der Waals surface area contributed by atoms with Gasteiger partial charge in [0.2, 0.25) is 17.7 Å². The van der Waals surface area contributed by atoms with Crippen LogP contribution in [0.25, 0.3) is 0 Å². The maximum absolute atomic E-state index is 13.2. The van der Waals surface area contributed by atoms with Crippen LogP contribution >= 0.6 is 0 Å². The largest absolute Gasteiger partial charge is 0.508 e. The lowest BCUT2D eigenvalue weighted by atomic mass is 10.0. The molecule has 10 nitrogen and oxygen atoms in total. The number of phenols is 1. The Balaban J connectivity index is 1.57. The minimum Gasteiger partial charge on any atom is -0.508 e. The van der Waals surface area contributed by atoms with Crippen LogP contribution in [0, 0.1) is 0 Å². The lowest BCUT2D eigenvalue weighted by Crippen LogP contribution is -2.55. The van der Waals surface area contributed by atoms with Gasteiger partial charge < -0.3 is 27.2 Å². The van der Waals surface area contributed by atoms with Crippen LogP contribution in [0.3, 0.4) is 0 Å². The molecule has 0 unspecified atom stereocenters. The number of aromatic hydroxyl groups is 1. The molecule has 0 aliphatic heterocycles. The summed E-state index contributed by atoms with van der Waals surface area (Å²) in [6.45, 7) is -0.259. The lowest BCUT2D eigenvalue weighted by Gasteiger charge is -2.22. The average molecular weight is 520 g/mol. The van der Waals surface area contributed by atoms with Crippen molar-refractivity contribution in [1.82, 2.24) is 16.1 Å². The summed E-state index contributed by atoms with van der Waals surface area (Å²) in [5, 5.41) is 14.7. The molecule has 38 heavy (non-hydrogen) atoms. The van der Waals surface area contributed by atoms with Gasteiger partial charge in [0.1, 0.15) is 30.6 Å². The molecule has 3 amide bonds. The molecule has 0 saturated carbocycles. The Labute approximate surface area is 221 Å². The van der Waals surface area contributed by atoms with E-state index in [2.05, 4.69) is 16.1 Å². The zero-order chi connectivity index (χ0) is 27.3. The highest BCUT2D eigenvalue weighted by molar-refractivity contribution is 5.92. The molecular weight excluding hydrogens is 486 g/mol. The Morgan fingerprint density at radius 3 is 1.82 bits per heavy atom. The van der Waals surface area contributed by atoms with Crippen LogP contribution in [-0.4, -0.2) is 47.7 Å². The number of benzene rings is 3. The number of nitrogens with two attached hydrogens (primary N) is 2. The molecule has 3 rings (SSSR count). The first kappa shape index (κ1) is 28.3. The second kappa shape index (κ2) is 14.5. The Morgan fingerprint density at radius 2 is 1.26 bits per heavy atom. The first-order chi connectivity index (χ1) is 18.3. The molecule has 10 heteroatoms. The number of carbonyl (C=O) groups excluding carboxylic acids is 3. The lowest BCUT2D eigenvalue weighted by molar-refractivity contribution is -0.132. The SMILES string of the molecule is NC(=O)[C@H](Cc1ccccc1)NC(=O)[C@H](Cc1ccccc1)NC(=O)CNO[C@@H](N)Cc1ccc(O)cc1. The molecule has 200 valence electrons. The van der Waals surface area contributed by atoms with E-state index in [0.717, 1.165) is 16.7 Å². The normalized spacial score (nSPS) is 13.2. The van der Waals surface area contributed by atoms with E-state index in [1.165, 1.54) is 0 Å². The third-order valence-corrected chi connectivity index (χ3v) is 5.72. The number of carbonyl (C=O) groups is 3. The van der Waals surface area contributed by atoms with Gasteiger partial charge in [-0.15, -0.1) is 0 Å². The van der Waals surface area contributed by atoms with Crippen LogP contribution < -0.4 is 27.6 Å². The fourth-order valence-corrected chi connectivity index (χ4v) is 3.77.